The van der Waals surface area contributed by atoms with Crippen molar-refractivity contribution in [2.75, 3.05) is 32.7 Å². The van der Waals surface area contributed by atoms with Gasteiger partial charge >= 0.3 is 29.6 Å². The van der Waals surface area contributed by atoms with Gasteiger partial charge in [0.05, 0.1) is 12.5 Å². The number of carbonyl (C=O) groups excluding carboxylic acids is 1. The Morgan fingerprint density at radius 2 is 2.00 bits per heavy atom. The van der Waals surface area contributed by atoms with Crippen molar-refractivity contribution in [1.82, 2.24) is 10.6 Å². The average Bonchev–Trinajstić information content (AvgIpc) is 2.21. The minimum Gasteiger partial charge on any atom is -0.549 e. The topological polar surface area (TPSA) is 103 Å². The van der Waals surface area contributed by atoms with Crippen molar-refractivity contribution in [2.45, 2.75) is 0 Å². The maximum atomic E-state index is 10.0. The Morgan fingerprint density at radius 1 is 1.38 bits per heavy atom. The molecule has 0 atom stereocenters. The second-order valence-corrected chi connectivity index (χ2v) is 2.81. The number of nitrogens with zero attached hydrogens (tertiary/aromatic N) is 1. The Balaban J connectivity index is 0. The largest absolute Gasteiger partial charge is 1.00 e. The Bertz CT molecular complexity index is 234. The first kappa shape index (κ1) is 18.0. The number of amidine groups is 1. The standard InChI is InChI=1S/C9H18N4O2.Na/c1-2-8(10)13-6-5-11-3-4-12-7-9(14)15;/h2,11-12H,1,3-7H2,(H2,10,13)(H,14,15);/q;+1/p-1. The smallest absolute Gasteiger partial charge is 0.549 e. The van der Waals surface area contributed by atoms with Crippen molar-refractivity contribution in [1.29, 1.82) is 0 Å². The molecule has 0 fully saturated rings. The number of hydrogen-bond donors (Lipinski definition) is 3. The van der Waals surface area contributed by atoms with Crippen molar-refractivity contribution in [3.63, 3.8) is 0 Å². The van der Waals surface area contributed by atoms with Crippen LogP contribution in [0, 0.1) is 0 Å². The summed E-state index contributed by atoms with van der Waals surface area (Å²) >= 11 is 0. The molecule has 6 nitrogen and oxygen atoms in total. The molecule has 0 aliphatic heterocycles. The van der Waals surface area contributed by atoms with Crippen LogP contribution < -0.4 is 51.0 Å². The molecule has 86 valence electrons. The van der Waals surface area contributed by atoms with Gasteiger partial charge in [0.2, 0.25) is 0 Å². The molecule has 0 saturated heterocycles. The second kappa shape index (κ2) is 12.7. The molecule has 16 heavy (non-hydrogen) atoms. The summed E-state index contributed by atoms with van der Waals surface area (Å²) in [5.74, 6) is -0.676. The third-order valence-electron chi connectivity index (χ3n) is 1.54. The Morgan fingerprint density at radius 3 is 2.56 bits per heavy atom. The van der Waals surface area contributed by atoms with Gasteiger partial charge in [-0.2, -0.15) is 0 Å². The van der Waals surface area contributed by atoms with Crippen LogP contribution in [0.15, 0.2) is 17.6 Å². The summed E-state index contributed by atoms with van der Waals surface area (Å²) in [6, 6.07) is 0. The molecule has 4 N–H and O–H groups in total. The number of aliphatic carboxylic acids is 1. The number of nitrogens with one attached hydrogen (secondary N) is 2. The van der Waals surface area contributed by atoms with Crippen LogP contribution in [0.1, 0.15) is 0 Å². The van der Waals surface area contributed by atoms with Gasteiger partial charge in [-0.1, -0.05) is 6.58 Å². The van der Waals surface area contributed by atoms with Gasteiger partial charge < -0.3 is 26.3 Å². The maximum Gasteiger partial charge on any atom is 1.00 e. The first-order valence-electron chi connectivity index (χ1n) is 4.70. The molecule has 7 heteroatoms. The van der Waals surface area contributed by atoms with Gasteiger partial charge in [-0.3, -0.25) is 4.99 Å². The van der Waals surface area contributed by atoms with E-state index < -0.39 is 5.97 Å². The molecule has 0 unspecified atom stereocenters. The van der Waals surface area contributed by atoms with Gasteiger partial charge in [0.25, 0.3) is 0 Å². The fourth-order valence-corrected chi connectivity index (χ4v) is 0.821. The third kappa shape index (κ3) is 13.6. The Hall–Kier alpha value is -0.400. The van der Waals surface area contributed by atoms with E-state index in [1.54, 1.807) is 0 Å². The molecule has 0 aromatic rings. The normalized spacial score (nSPS) is 10.6. The van der Waals surface area contributed by atoms with Crippen LogP contribution in [0.5, 0.6) is 0 Å². The molecular formula is C9H17N4NaO2. The van der Waals surface area contributed by atoms with Crippen LogP contribution in [-0.2, 0) is 4.79 Å². The van der Waals surface area contributed by atoms with Crippen LogP contribution in [0.4, 0.5) is 0 Å². The Labute approximate surface area is 118 Å². The molecule has 0 aliphatic rings. The number of aliphatic imine (C=N–C) groups is 1. The van der Waals surface area contributed by atoms with Crippen LogP contribution in [-0.4, -0.2) is 44.5 Å². The second-order valence-electron chi connectivity index (χ2n) is 2.81. The SMILES string of the molecule is C=CC(N)=NCCNCCNCC(=O)[O-].[Na+]. The van der Waals surface area contributed by atoms with Gasteiger partial charge in [0.1, 0.15) is 5.84 Å². The van der Waals surface area contributed by atoms with E-state index in [1.165, 1.54) is 6.08 Å². The predicted octanol–water partition coefficient (Wildman–Crippen LogP) is -5.54. The Kier molecular flexibility index (Phi) is 14.2. The van der Waals surface area contributed by atoms with Gasteiger partial charge in [-0.05, 0) is 6.08 Å². The summed E-state index contributed by atoms with van der Waals surface area (Å²) in [4.78, 5) is 14.0. The van der Waals surface area contributed by atoms with E-state index in [4.69, 9.17) is 5.73 Å². The monoisotopic (exact) mass is 236 g/mol. The van der Waals surface area contributed by atoms with E-state index in [0.717, 1.165) is 0 Å². The molecule has 0 radical (unpaired) electrons. The number of carbonyl (C=O) groups is 1. The fraction of sp³-hybridized carbons (Fsp3) is 0.556. The maximum absolute atomic E-state index is 10.0. The zero-order valence-electron chi connectivity index (χ0n) is 9.66. The third-order valence-corrected chi connectivity index (χ3v) is 1.54. The van der Waals surface area contributed by atoms with Crippen LogP contribution in [0.2, 0.25) is 0 Å². The van der Waals surface area contributed by atoms with Crippen LogP contribution >= 0.6 is 0 Å². The van der Waals surface area contributed by atoms with E-state index in [2.05, 4.69) is 22.2 Å². The van der Waals surface area contributed by atoms with E-state index in [-0.39, 0.29) is 36.1 Å². The quantitative estimate of drug-likeness (QED) is 0.160. The summed E-state index contributed by atoms with van der Waals surface area (Å²) in [6.45, 7) is 5.88. The molecule has 0 aromatic heterocycles. The van der Waals surface area contributed by atoms with Crippen molar-refractivity contribution < 1.29 is 39.5 Å². The number of nitrogens with two attached hydrogens (primary N) is 1. The van der Waals surface area contributed by atoms with Crippen molar-refractivity contribution >= 4 is 11.8 Å². The van der Waals surface area contributed by atoms with Crippen LogP contribution in [0.25, 0.3) is 0 Å². The summed E-state index contributed by atoms with van der Waals surface area (Å²) in [5, 5.41) is 15.8. The summed E-state index contributed by atoms with van der Waals surface area (Å²) in [5.41, 5.74) is 5.39. The van der Waals surface area contributed by atoms with Crippen LogP contribution in [0.3, 0.4) is 0 Å². The fourth-order valence-electron chi connectivity index (χ4n) is 0.821. The number of carboxylic acid groups (broad SMARTS) is 1. The molecule has 0 heterocycles. The minimum absolute atomic E-state index is 0. The minimum atomic E-state index is -1.10. The molecule has 0 amide bonds. The zero-order valence-corrected chi connectivity index (χ0v) is 11.7. The van der Waals surface area contributed by atoms with Gasteiger partial charge in [0, 0.05) is 26.2 Å². The first-order valence-corrected chi connectivity index (χ1v) is 4.70. The predicted molar refractivity (Wildman–Crippen MR) is 57.4 cm³/mol. The average molecular weight is 236 g/mol. The molecule has 0 spiro atoms. The van der Waals surface area contributed by atoms with E-state index in [1.807, 2.05) is 0 Å². The number of carboxylic acids is 1. The number of rotatable bonds is 9. The molecule has 0 bridgehead atoms. The summed E-state index contributed by atoms with van der Waals surface area (Å²) in [7, 11) is 0. The molecular weight excluding hydrogens is 219 g/mol. The van der Waals surface area contributed by atoms with Gasteiger partial charge in [-0.25, -0.2) is 0 Å². The molecule has 0 rings (SSSR count). The van der Waals surface area contributed by atoms with Gasteiger partial charge in [-0.15, -0.1) is 0 Å². The zero-order chi connectivity index (χ0) is 11.5. The van der Waals surface area contributed by atoms with E-state index in [0.29, 0.717) is 32.0 Å². The summed E-state index contributed by atoms with van der Waals surface area (Å²) in [6.07, 6.45) is 1.49. The van der Waals surface area contributed by atoms with Crippen molar-refractivity contribution in [3.05, 3.63) is 12.7 Å². The van der Waals surface area contributed by atoms with E-state index >= 15 is 0 Å². The molecule has 0 aliphatic carbocycles. The van der Waals surface area contributed by atoms with Gasteiger partial charge in [0.15, 0.2) is 0 Å². The van der Waals surface area contributed by atoms with Crippen molar-refractivity contribution in [2.24, 2.45) is 10.7 Å². The summed E-state index contributed by atoms with van der Waals surface area (Å²) < 4.78 is 0. The molecule has 0 saturated carbocycles. The first-order chi connectivity index (χ1) is 7.16. The molecule has 0 aromatic carbocycles. The van der Waals surface area contributed by atoms with E-state index in [9.17, 15) is 9.90 Å². The number of hydrogen-bond acceptors (Lipinski definition) is 5. The van der Waals surface area contributed by atoms with Crippen molar-refractivity contribution in [3.8, 4) is 0 Å².